The lowest BCUT2D eigenvalue weighted by Crippen LogP contribution is -2.35. The van der Waals surface area contributed by atoms with Crippen LogP contribution in [0.1, 0.15) is 20.3 Å². The summed E-state index contributed by atoms with van der Waals surface area (Å²) in [4.78, 5) is 23.5. The molecule has 1 unspecified atom stereocenters. The van der Waals surface area contributed by atoms with Crippen LogP contribution in [-0.2, 0) is 14.3 Å². The predicted molar refractivity (Wildman–Crippen MR) is 88.2 cm³/mol. The largest absolute Gasteiger partial charge is 0.471 e. The quantitative estimate of drug-likeness (QED) is 0.578. The van der Waals surface area contributed by atoms with Gasteiger partial charge in [-0.3, -0.25) is 4.79 Å². The fourth-order valence-electron chi connectivity index (χ4n) is 2.07. The molecule has 0 fully saturated rings. The topological polar surface area (TPSA) is 52.6 Å². The Morgan fingerprint density at radius 3 is 2.13 bits per heavy atom. The molecule has 0 aliphatic carbocycles. The van der Waals surface area contributed by atoms with Crippen LogP contribution >= 0.6 is 0 Å². The van der Waals surface area contributed by atoms with Gasteiger partial charge in [-0.1, -0.05) is 49.4 Å². The van der Waals surface area contributed by atoms with Crippen LogP contribution < -0.4 is 4.74 Å². The third-order valence-corrected chi connectivity index (χ3v) is 3.25. The summed E-state index contributed by atoms with van der Waals surface area (Å²) in [6.07, 6.45) is -0.522. The molecule has 120 valence electrons. The van der Waals surface area contributed by atoms with Gasteiger partial charge in [0, 0.05) is 0 Å². The molecule has 4 nitrogen and oxygen atoms in total. The molecule has 0 aliphatic rings. The van der Waals surface area contributed by atoms with Gasteiger partial charge in [-0.2, -0.15) is 0 Å². The van der Waals surface area contributed by atoms with E-state index in [-0.39, 0.29) is 12.4 Å². The van der Waals surface area contributed by atoms with Crippen LogP contribution in [-0.4, -0.2) is 24.5 Å². The monoisotopic (exact) mass is 312 g/mol. The minimum absolute atomic E-state index is 0.277. The van der Waals surface area contributed by atoms with Crippen LogP contribution in [0.25, 0.3) is 11.1 Å². The number of ketones is 1. The Bertz CT molecular complexity index is 647. The van der Waals surface area contributed by atoms with Crippen LogP contribution in [0.5, 0.6) is 5.75 Å². The smallest absolute Gasteiger partial charge is 0.355 e. The van der Waals surface area contributed by atoms with E-state index in [9.17, 15) is 9.59 Å². The first-order valence-corrected chi connectivity index (χ1v) is 7.61. The number of rotatable bonds is 7. The Hall–Kier alpha value is -2.62. The van der Waals surface area contributed by atoms with Gasteiger partial charge in [0.1, 0.15) is 5.75 Å². The van der Waals surface area contributed by atoms with Crippen molar-refractivity contribution in [1.29, 1.82) is 0 Å². The molecule has 0 radical (unpaired) electrons. The molecule has 0 heterocycles. The first-order valence-electron chi connectivity index (χ1n) is 7.61. The lowest BCUT2D eigenvalue weighted by atomic mass is 10.1. The standard InChI is InChI=1S/C19H20O4/c1-3-13-22-19(21)18(14(2)20)23-17-11-9-16(10-12-17)15-7-5-4-6-8-15/h4-12,18H,3,13H2,1-2H3. The summed E-state index contributed by atoms with van der Waals surface area (Å²) in [7, 11) is 0. The highest BCUT2D eigenvalue weighted by Gasteiger charge is 2.27. The van der Waals surface area contributed by atoms with Crippen molar-refractivity contribution in [2.45, 2.75) is 26.4 Å². The first-order chi connectivity index (χ1) is 11.1. The maximum atomic E-state index is 11.9. The highest BCUT2D eigenvalue weighted by atomic mass is 16.6. The van der Waals surface area contributed by atoms with E-state index in [1.807, 2.05) is 49.4 Å². The van der Waals surface area contributed by atoms with Crippen molar-refractivity contribution in [1.82, 2.24) is 0 Å². The molecule has 23 heavy (non-hydrogen) atoms. The average molecular weight is 312 g/mol. The van der Waals surface area contributed by atoms with E-state index in [4.69, 9.17) is 9.47 Å². The zero-order chi connectivity index (χ0) is 16.7. The van der Waals surface area contributed by atoms with E-state index in [0.717, 1.165) is 11.1 Å². The number of benzene rings is 2. The van der Waals surface area contributed by atoms with Crippen LogP contribution in [0.15, 0.2) is 54.6 Å². The molecule has 0 amide bonds. The van der Waals surface area contributed by atoms with E-state index in [2.05, 4.69) is 0 Å². The Labute approximate surface area is 136 Å². The number of carbonyl (C=O) groups is 2. The first kappa shape index (κ1) is 16.7. The summed E-state index contributed by atoms with van der Waals surface area (Å²) in [5, 5.41) is 0. The number of hydrogen-bond acceptors (Lipinski definition) is 4. The molecule has 0 aliphatic heterocycles. The summed E-state index contributed by atoms with van der Waals surface area (Å²) < 4.78 is 10.5. The van der Waals surface area contributed by atoms with Gasteiger partial charge in [0.15, 0.2) is 5.78 Å². The number of carbonyl (C=O) groups excluding carboxylic acids is 2. The maximum absolute atomic E-state index is 11.9. The van der Waals surface area contributed by atoms with Crippen molar-refractivity contribution < 1.29 is 19.1 Å². The van der Waals surface area contributed by atoms with E-state index in [1.54, 1.807) is 12.1 Å². The average Bonchev–Trinajstić information content (AvgIpc) is 2.58. The molecule has 0 spiro atoms. The zero-order valence-corrected chi connectivity index (χ0v) is 13.3. The molecule has 0 saturated carbocycles. The Morgan fingerprint density at radius 2 is 1.57 bits per heavy atom. The van der Waals surface area contributed by atoms with Crippen LogP contribution in [0.2, 0.25) is 0 Å². The van der Waals surface area contributed by atoms with E-state index >= 15 is 0 Å². The summed E-state index contributed by atoms with van der Waals surface area (Å²) in [5.74, 6) is -0.567. The molecule has 0 N–H and O–H groups in total. The highest BCUT2D eigenvalue weighted by molar-refractivity contribution is 6.01. The van der Waals surface area contributed by atoms with Crippen molar-refractivity contribution in [3.05, 3.63) is 54.6 Å². The summed E-state index contributed by atoms with van der Waals surface area (Å²) in [6.45, 7) is 3.48. The van der Waals surface area contributed by atoms with Crippen molar-refractivity contribution in [2.24, 2.45) is 0 Å². The maximum Gasteiger partial charge on any atom is 0.355 e. The summed E-state index contributed by atoms with van der Waals surface area (Å²) >= 11 is 0. The third kappa shape index (κ3) is 4.68. The number of hydrogen-bond donors (Lipinski definition) is 0. The fraction of sp³-hybridized carbons (Fsp3) is 0.263. The van der Waals surface area contributed by atoms with E-state index in [0.29, 0.717) is 12.2 Å². The molecule has 0 bridgehead atoms. The zero-order valence-electron chi connectivity index (χ0n) is 13.3. The number of esters is 1. The van der Waals surface area contributed by atoms with Crippen molar-refractivity contribution >= 4 is 11.8 Å². The molecule has 1 atom stereocenters. The van der Waals surface area contributed by atoms with Gasteiger partial charge in [0.05, 0.1) is 6.61 Å². The third-order valence-electron chi connectivity index (χ3n) is 3.25. The molecule has 0 aromatic heterocycles. The lowest BCUT2D eigenvalue weighted by Gasteiger charge is -2.15. The van der Waals surface area contributed by atoms with Crippen molar-refractivity contribution in [3.8, 4) is 16.9 Å². The van der Waals surface area contributed by atoms with Gasteiger partial charge >= 0.3 is 5.97 Å². The number of Topliss-reactive ketones (excluding diaryl/α,β-unsaturated/α-hetero) is 1. The van der Waals surface area contributed by atoms with Gasteiger partial charge < -0.3 is 9.47 Å². The van der Waals surface area contributed by atoms with Gasteiger partial charge in [0.25, 0.3) is 6.10 Å². The Balaban J connectivity index is 2.09. The van der Waals surface area contributed by atoms with Crippen LogP contribution in [0.3, 0.4) is 0 Å². The molecule has 2 aromatic carbocycles. The SMILES string of the molecule is CCCOC(=O)C(Oc1ccc(-c2ccccc2)cc1)C(C)=O. The molecule has 4 heteroatoms. The molecule has 2 aromatic rings. The minimum atomic E-state index is -1.22. The van der Waals surface area contributed by atoms with Gasteiger partial charge in [-0.15, -0.1) is 0 Å². The van der Waals surface area contributed by atoms with Gasteiger partial charge in [0.2, 0.25) is 0 Å². The van der Waals surface area contributed by atoms with Gasteiger partial charge in [-0.05, 0) is 36.6 Å². The second-order valence-corrected chi connectivity index (χ2v) is 5.17. The minimum Gasteiger partial charge on any atom is -0.471 e. The molecule has 2 rings (SSSR count). The summed E-state index contributed by atoms with van der Waals surface area (Å²) in [5.41, 5.74) is 2.12. The lowest BCUT2D eigenvalue weighted by molar-refractivity contribution is -0.155. The second kappa shape index (κ2) is 8.13. The molecular weight excluding hydrogens is 292 g/mol. The Kier molecular flexibility index (Phi) is 5.92. The van der Waals surface area contributed by atoms with E-state index in [1.165, 1.54) is 6.92 Å². The summed E-state index contributed by atoms with van der Waals surface area (Å²) in [6, 6.07) is 17.2. The predicted octanol–water partition coefficient (Wildman–Crippen LogP) is 3.64. The fourth-order valence-corrected chi connectivity index (χ4v) is 2.07. The Morgan fingerprint density at radius 1 is 0.957 bits per heavy atom. The normalized spacial score (nSPS) is 11.6. The van der Waals surface area contributed by atoms with Gasteiger partial charge in [-0.25, -0.2) is 4.79 Å². The molecular formula is C19H20O4. The van der Waals surface area contributed by atoms with Crippen molar-refractivity contribution in [2.75, 3.05) is 6.61 Å². The number of ether oxygens (including phenoxy) is 2. The van der Waals surface area contributed by atoms with Crippen LogP contribution in [0.4, 0.5) is 0 Å². The van der Waals surface area contributed by atoms with Crippen LogP contribution in [0, 0.1) is 0 Å². The van der Waals surface area contributed by atoms with Crippen molar-refractivity contribution in [3.63, 3.8) is 0 Å². The second-order valence-electron chi connectivity index (χ2n) is 5.17. The molecule has 0 saturated heterocycles. The highest BCUT2D eigenvalue weighted by Crippen LogP contribution is 2.22. The van der Waals surface area contributed by atoms with E-state index < -0.39 is 12.1 Å².